The van der Waals surface area contributed by atoms with E-state index in [-0.39, 0.29) is 6.61 Å². The van der Waals surface area contributed by atoms with Gasteiger partial charge in [-0.05, 0) is 34.0 Å². The van der Waals surface area contributed by atoms with Gasteiger partial charge in [-0.2, -0.15) is 8.42 Å². The number of hydrogen-bond donors (Lipinski definition) is 2. The molecule has 0 saturated heterocycles. The first-order valence-electron chi connectivity index (χ1n) is 6.19. The minimum Gasteiger partial charge on any atom is -0.478 e. The SMILES string of the molecule is C=C(CCC)C(=O)O.CCN(C)C.CCOS(=O)(=O)O. The van der Waals surface area contributed by atoms with E-state index in [0.717, 1.165) is 13.0 Å². The summed E-state index contributed by atoms with van der Waals surface area (Å²) in [6.45, 7) is 9.97. The summed E-state index contributed by atoms with van der Waals surface area (Å²) in [6, 6.07) is 0. The predicted octanol–water partition coefficient (Wildman–Crippen LogP) is 1.82. The maximum atomic E-state index is 9.99. The molecule has 0 aliphatic heterocycles. The van der Waals surface area contributed by atoms with Gasteiger partial charge in [0.1, 0.15) is 0 Å². The maximum Gasteiger partial charge on any atom is 0.397 e. The third-order valence-corrected chi connectivity index (χ3v) is 2.29. The highest BCUT2D eigenvalue weighted by Crippen LogP contribution is 1.99. The number of carboxylic acid groups (broad SMARTS) is 1. The summed E-state index contributed by atoms with van der Waals surface area (Å²) in [4.78, 5) is 12.1. The molecule has 20 heavy (non-hydrogen) atoms. The molecule has 0 atom stereocenters. The Morgan fingerprint density at radius 1 is 1.25 bits per heavy atom. The molecule has 0 spiro atoms. The van der Waals surface area contributed by atoms with Crippen molar-refractivity contribution in [2.24, 2.45) is 0 Å². The zero-order valence-electron chi connectivity index (χ0n) is 12.9. The highest BCUT2D eigenvalue weighted by Gasteiger charge is 1.99. The third-order valence-electron chi connectivity index (χ3n) is 1.75. The van der Waals surface area contributed by atoms with Crippen molar-refractivity contribution < 1.29 is 27.1 Å². The van der Waals surface area contributed by atoms with Gasteiger partial charge in [-0.3, -0.25) is 4.55 Å². The van der Waals surface area contributed by atoms with Crippen LogP contribution in [0.5, 0.6) is 0 Å². The van der Waals surface area contributed by atoms with Crippen LogP contribution in [0.1, 0.15) is 33.6 Å². The van der Waals surface area contributed by atoms with Crippen molar-refractivity contribution in [2.45, 2.75) is 33.6 Å². The predicted molar refractivity (Wildman–Crippen MR) is 79.1 cm³/mol. The second-order valence-corrected chi connectivity index (χ2v) is 4.98. The fraction of sp³-hybridized carbons (Fsp3) is 0.750. The summed E-state index contributed by atoms with van der Waals surface area (Å²) in [6.07, 6.45) is 1.44. The lowest BCUT2D eigenvalue weighted by molar-refractivity contribution is -0.132. The molecule has 0 aromatic carbocycles. The highest BCUT2D eigenvalue weighted by atomic mass is 32.3. The fourth-order valence-electron chi connectivity index (χ4n) is 0.558. The second kappa shape index (κ2) is 14.4. The fourth-order valence-corrected chi connectivity index (χ4v) is 0.855. The smallest absolute Gasteiger partial charge is 0.397 e. The largest absolute Gasteiger partial charge is 0.478 e. The molecule has 0 rings (SSSR count). The summed E-state index contributed by atoms with van der Waals surface area (Å²) in [5.74, 6) is -0.883. The van der Waals surface area contributed by atoms with Gasteiger partial charge in [0.2, 0.25) is 0 Å². The Hall–Kier alpha value is -0.960. The topological polar surface area (TPSA) is 104 Å². The zero-order valence-corrected chi connectivity index (χ0v) is 13.7. The molecular formula is C12H27NO6S. The third kappa shape index (κ3) is 30.2. The van der Waals surface area contributed by atoms with E-state index in [2.05, 4.69) is 36.7 Å². The van der Waals surface area contributed by atoms with Gasteiger partial charge in [-0.1, -0.05) is 26.8 Å². The lowest BCUT2D eigenvalue weighted by Crippen LogP contribution is -2.08. The minimum absolute atomic E-state index is 0.0289. The number of nitrogens with zero attached hydrogens (tertiary/aromatic N) is 1. The Bertz CT molecular complexity index is 351. The normalized spacial score (nSPS) is 9.95. The number of carboxylic acids is 1. The van der Waals surface area contributed by atoms with Crippen LogP contribution < -0.4 is 0 Å². The Morgan fingerprint density at radius 2 is 1.65 bits per heavy atom. The van der Waals surface area contributed by atoms with Crippen molar-refractivity contribution in [2.75, 3.05) is 27.2 Å². The molecule has 122 valence electrons. The van der Waals surface area contributed by atoms with Crippen LogP contribution in [0.25, 0.3) is 0 Å². The standard InChI is InChI=1S/C6H10O2.C4H11N.C2H6O4S/c1-3-4-5(2)6(7)8;1-4-5(2)3;1-2-6-7(3,4)5/h2-4H2,1H3,(H,7,8);4H2,1-3H3;2H2,1H3,(H,3,4,5). The average Bonchev–Trinajstić information content (AvgIpc) is 2.29. The Balaban J connectivity index is -0.000000223. The van der Waals surface area contributed by atoms with Crippen LogP contribution in [0.3, 0.4) is 0 Å². The summed E-state index contributed by atoms with van der Waals surface area (Å²) in [5.41, 5.74) is 0.299. The molecule has 0 aromatic heterocycles. The van der Waals surface area contributed by atoms with Crippen molar-refractivity contribution in [1.29, 1.82) is 0 Å². The van der Waals surface area contributed by atoms with Gasteiger partial charge in [0, 0.05) is 5.57 Å². The van der Waals surface area contributed by atoms with E-state index >= 15 is 0 Å². The molecular weight excluding hydrogens is 286 g/mol. The first-order valence-corrected chi connectivity index (χ1v) is 7.55. The number of rotatable bonds is 6. The Labute approximate surface area is 122 Å². The van der Waals surface area contributed by atoms with Gasteiger partial charge < -0.3 is 10.0 Å². The molecule has 0 radical (unpaired) electrons. The lowest BCUT2D eigenvalue weighted by atomic mass is 10.2. The van der Waals surface area contributed by atoms with E-state index in [1.165, 1.54) is 6.92 Å². The van der Waals surface area contributed by atoms with Crippen LogP contribution in [0.15, 0.2) is 12.2 Å². The van der Waals surface area contributed by atoms with Crippen LogP contribution in [-0.4, -0.2) is 56.2 Å². The van der Waals surface area contributed by atoms with Crippen LogP contribution in [0.2, 0.25) is 0 Å². The first-order chi connectivity index (χ1) is 9.01. The molecule has 0 aliphatic carbocycles. The molecule has 0 heterocycles. The van der Waals surface area contributed by atoms with Crippen LogP contribution >= 0.6 is 0 Å². The monoisotopic (exact) mass is 313 g/mol. The van der Waals surface area contributed by atoms with Gasteiger partial charge in [0.05, 0.1) is 6.61 Å². The summed E-state index contributed by atoms with van der Waals surface area (Å²) < 4.78 is 30.7. The molecule has 0 amide bonds. The van der Waals surface area contributed by atoms with Gasteiger partial charge >= 0.3 is 16.4 Å². The van der Waals surface area contributed by atoms with Gasteiger partial charge in [-0.25, -0.2) is 8.98 Å². The van der Waals surface area contributed by atoms with Crippen molar-refractivity contribution in [3.05, 3.63) is 12.2 Å². The first kappa shape index (κ1) is 24.1. The molecule has 8 heteroatoms. The minimum atomic E-state index is -4.17. The van der Waals surface area contributed by atoms with Crippen molar-refractivity contribution >= 4 is 16.4 Å². The number of aliphatic carboxylic acids is 1. The highest BCUT2D eigenvalue weighted by molar-refractivity contribution is 7.80. The van der Waals surface area contributed by atoms with E-state index < -0.39 is 16.4 Å². The van der Waals surface area contributed by atoms with Crippen molar-refractivity contribution in [1.82, 2.24) is 4.90 Å². The van der Waals surface area contributed by atoms with Gasteiger partial charge in [-0.15, -0.1) is 0 Å². The Morgan fingerprint density at radius 3 is 1.70 bits per heavy atom. The molecule has 0 unspecified atom stereocenters. The van der Waals surface area contributed by atoms with Crippen LogP contribution in [0, 0.1) is 0 Å². The summed E-state index contributed by atoms with van der Waals surface area (Å²) in [5, 5.41) is 8.21. The average molecular weight is 313 g/mol. The van der Waals surface area contributed by atoms with E-state index in [4.69, 9.17) is 9.66 Å². The molecule has 0 aliphatic rings. The van der Waals surface area contributed by atoms with Crippen LogP contribution in [0.4, 0.5) is 0 Å². The molecule has 7 nitrogen and oxygen atoms in total. The molecule has 0 fully saturated rings. The van der Waals surface area contributed by atoms with E-state index in [1.807, 2.05) is 6.92 Å². The van der Waals surface area contributed by atoms with Crippen molar-refractivity contribution in [3.8, 4) is 0 Å². The lowest BCUT2D eigenvalue weighted by Gasteiger charge is -2.00. The van der Waals surface area contributed by atoms with Crippen LogP contribution in [-0.2, 0) is 19.4 Å². The maximum absolute atomic E-state index is 9.99. The number of carbonyl (C=O) groups is 1. The molecule has 0 bridgehead atoms. The zero-order chi connectivity index (χ0) is 16.8. The van der Waals surface area contributed by atoms with E-state index in [9.17, 15) is 13.2 Å². The van der Waals surface area contributed by atoms with Gasteiger partial charge in [0.15, 0.2) is 0 Å². The number of hydrogen-bond acceptors (Lipinski definition) is 5. The van der Waals surface area contributed by atoms with Gasteiger partial charge in [0.25, 0.3) is 0 Å². The molecule has 0 saturated carbocycles. The van der Waals surface area contributed by atoms with E-state index in [0.29, 0.717) is 12.0 Å². The summed E-state index contributed by atoms with van der Waals surface area (Å²) in [7, 11) is -0.0631. The summed E-state index contributed by atoms with van der Waals surface area (Å²) >= 11 is 0. The van der Waals surface area contributed by atoms with Crippen molar-refractivity contribution in [3.63, 3.8) is 0 Å². The van der Waals surface area contributed by atoms with E-state index in [1.54, 1.807) is 0 Å². The second-order valence-electron chi connectivity index (χ2n) is 3.89. The quantitative estimate of drug-likeness (QED) is 0.569. The molecule has 2 N–H and O–H groups in total. The molecule has 0 aromatic rings. The Kier molecular flexibility index (Phi) is 17.4.